The molecule has 1 atom stereocenters. The van der Waals surface area contributed by atoms with Crippen LogP contribution in [0.25, 0.3) is 5.82 Å². The first-order valence-electron chi connectivity index (χ1n) is 9.01. The van der Waals surface area contributed by atoms with E-state index in [2.05, 4.69) is 19.8 Å². The smallest absolute Gasteiger partial charge is 0.425 e. The molecule has 0 radical (unpaired) electrons. The number of carbonyl (C=O) groups excluding carboxylic acids is 1. The second kappa shape index (κ2) is 9.04. The Morgan fingerprint density at radius 1 is 1.41 bits per heavy atom. The van der Waals surface area contributed by atoms with Crippen molar-refractivity contribution in [1.82, 2.24) is 23.7 Å². The lowest BCUT2D eigenvalue weighted by atomic mass is 10.2. The fourth-order valence-electron chi connectivity index (χ4n) is 2.57. The lowest BCUT2D eigenvalue weighted by molar-refractivity contribution is -0.190. The average molecular weight is 476 g/mol. The van der Waals surface area contributed by atoms with Gasteiger partial charge in [-0.3, -0.25) is 9.36 Å². The normalized spacial score (nSPS) is 12.6. The highest BCUT2D eigenvalue weighted by Crippen LogP contribution is 2.28. The van der Waals surface area contributed by atoms with Crippen molar-refractivity contribution in [2.75, 3.05) is 5.32 Å². The highest BCUT2D eigenvalue weighted by molar-refractivity contribution is 7.04. The van der Waals surface area contributed by atoms with Gasteiger partial charge in [0, 0.05) is 11.9 Å². The summed E-state index contributed by atoms with van der Waals surface area (Å²) in [5.41, 5.74) is -1.30. The van der Waals surface area contributed by atoms with Crippen molar-refractivity contribution < 1.29 is 32.2 Å². The number of ether oxygens (including phenoxy) is 1. The molecule has 0 bridgehead atoms. The summed E-state index contributed by atoms with van der Waals surface area (Å²) in [5.74, 6) is -4.00. The molecule has 1 amide bonds. The van der Waals surface area contributed by atoms with E-state index in [9.17, 15) is 32.3 Å². The molecule has 172 valence electrons. The number of rotatable bonds is 7. The quantitative estimate of drug-likeness (QED) is 0.501. The Hall–Kier alpha value is -3.33. The van der Waals surface area contributed by atoms with E-state index in [0.717, 1.165) is 16.1 Å². The number of carbonyl (C=O) groups is 1. The Balaban J connectivity index is 2.13. The Bertz CT molecular complexity index is 1180. The second-order valence-electron chi connectivity index (χ2n) is 6.33. The van der Waals surface area contributed by atoms with Crippen molar-refractivity contribution in [3.8, 4) is 11.7 Å². The molecule has 0 saturated carbocycles. The van der Waals surface area contributed by atoms with Crippen molar-refractivity contribution >= 4 is 23.1 Å². The van der Waals surface area contributed by atoms with Crippen molar-refractivity contribution in [3.05, 3.63) is 45.3 Å². The van der Waals surface area contributed by atoms with Gasteiger partial charge >= 0.3 is 11.9 Å². The van der Waals surface area contributed by atoms with Crippen LogP contribution >= 0.6 is 11.5 Å². The minimum atomic E-state index is -4.81. The molecular formula is C17H16F4N6O4S. The Morgan fingerprint density at radius 2 is 2.12 bits per heavy atom. The van der Waals surface area contributed by atoms with E-state index in [-0.39, 0.29) is 18.1 Å². The summed E-state index contributed by atoms with van der Waals surface area (Å²) in [4.78, 5) is 28.7. The SMILES string of the molecule is CCn1c(CO)nn(-c2nc(O[C@@H](C)C(F)(F)F)c(C(=O)Nc3cnsc3)cc2F)c1=O. The first-order chi connectivity index (χ1) is 15.1. The van der Waals surface area contributed by atoms with Gasteiger partial charge in [0.1, 0.15) is 12.2 Å². The maximum absolute atomic E-state index is 14.9. The number of hydrogen-bond acceptors (Lipinski definition) is 8. The van der Waals surface area contributed by atoms with E-state index < -0.39 is 53.6 Å². The first kappa shape index (κ1) is 23.3. The van der Waals surface area contributed by atoms with E-state index >= 15 is 0 Å². The third-order valence-electron chi connectivity index (χ3n) is 4.20. The summed E-state index contributed by atoms with van der Waals surface area (Å²) in [6.45, 7) is 1.68. The summed E-state index contributed by atoms with van der Waals surface area (Å²) in [7, 11) is 0. The van der Waals surface area contributed by atoms with Crippen LogP contribution in [0.5, 0.6) is 5.88 Å². The monoisotopic (exact) mass is 476 g/mol. The van der Waals surface area contributed by atoms with E-state index in [4.69, 9.17) is 4.74 Å². The highest BCUT2D eigenvalue weighted by Gasteiger charge is 2.39. The van der Waals surface area contributed by atoms with Crippen LogP contribution in [0, 0.1) is 5.82 Å². The predicted octanol–water partition coefficient (Wildman–Crippen LogP) is 2.12. The van der Waals surface area contributed by atoms with Gasteiger partial charge in [0.15, 0.2) is 23.6 Å². The molecule has 2 N–H and O–H groups in total. The third-order valence-corrected chi connectivity index (χ3v) is 4.79. The summed E-state index contributed by atoms with van der Waals surface area (Å²) in [6, 6.07) is 0.589. The van der Waals surface area contributed by atoms with Crippen LogP contribution in [0.3, 0.4) is 0 Å². The number of aromatic nitrogens is 5. The summed E-state index contributed by atoms with van der Waals surface area (Å²) >= 11 is 1.00. The highest BCUT2D eigenvalue weighted by atomic mass is 32.1. The van der Waals surface area contributed by atoms with E-state index in [0.29, 0.717) is 17.7 Å². The molecule has 3 heterocycles. The number of alkyl halides is 3. The molecule has 0 aliphatic rings. The lowest BCUT2D eigenvalue weighted by Gasteiger charge is -2.19. The number of amides is 1. The molecule has 32 heavy (non-hydrogen) atoms. The van der Waals surface area contributed by atoms with Crippen LogP contribution in [0.1, 0.15) is 30.0 Å². The molecule has 3 aromatic rings. The zero-order valence-electron chi connectivity index (χ0n) is 16.6. The molecule has 3 rings (SSSR count). The number of aliphatic hydroxyl groups excluding tert-OH is 1. The maximum atomic E-state index is 14.9. The molecule has 0 unspecified atom stereocenters. The number of hydrogen-bond donors (Lipinski definition) is 2. The largest absolute Gasteiger partial charge is 0.464 e. The van der Waals surface area contributed by atoms with Gasteiger partial charge in [0.25, 0.3) is 5.91 Å². The van der Waals surface area contributed by atoms with Crippen molar-refractivity contribution in [3.63, 3.8) is 0 Å². The van der Waals surface area contributed by atoms with Crippen LogP contribution in [-0.2, 0) is 13.2 Å². The Labute approximate surface area is 181 Å². The fourth-order valence-corrected chi connectivity index (χ4v) is 3.04. The fraction of sp³-hybridized carbons (Fsp3) is 0.353. The van der Waals surface area contributed by atoms with E-state index in [1.807, 2.05) is 0 Å². The lowest BCUT2D eigenvalue weighted by Crippen LogP contribution is -2.33. The number of nitrogens with one attached hydrogen (secondary N) is 1. The Morgan fingerprint density at radius 3 is 2.66 bits per heavy atom. The molecule has 10 nitrogen and oxygen atoms in total. The van der Waals surface area contributed by atoms with Crippen LogP contribution < -0.4 is 15.7 Å². The first-order valence-corrected chi connectivity index (χ1v) is 9.85. The van der Waals surface area contributed by atoms with Gasteiger partial charge in [-0.05, 0) is 31.4 Å². The van der Waals surface area contributed by atoms with Crippen molar-refractivity contribution in [2.45, 2.75) is 39.3 Å². The number of pyridine rings is 1. The Kier molecular flexibility index (Phi) is 6.59. The van der Waals surface area contributed by atoms with Gasteiger partial charge < -0.3 is 15.2 Å². The molecule has 0 aromatic carbocycles. The minimum absolute atomic E-state index is 0.0833. The summed E-state index contributed by atoms with van der Waals surface area (Å²) < 4.78 is 64.1. The van der Waals surface area contributed by atoms with Gasteiger partial charge in [-0.15, -0.1) is 5.10 Å². The minimum Gasteiger partial charge on any atom is -0.464 e. The molecular weight excluding hydrogens is 460 g/mol. The van der Waals surface area contributed by atoms with Crippen LogP contribution in [0.4, 0.5) is 23.2 Å². The van der Waals surface area contributed by atoms with Crippen molar-refractivity contribution in [2.24, 2.45) is 0 Å². The molecule has 0 spiro atoms. The molecule has 0 aliphatic carbocycles. The molecule has 0 fully saturated rings. The zero-order valence-corrected chi connectivity index (χ0v) is 17.4. The number of anilines is 1. The predicted molar refractivity (Wildman–Crippen MR) is 103 cm³/mol. The third kappa shape index (κ3) is 4.62. The molecule has 0 aliphatic heterocycles. The molecule has 3 aromatic heterocycles. The van der Waals surface area contributed by atoms with E-state index in [1.54, 1.807) is 6.92 Å². The van der Waals surface area contributed by atoms with Crippen LogP contribution in [0.2, 0.25) is 0 Å². The van der Waals surface area contributed by atoms with Crippen molar-refractivity contribution in [1.29, 1.82) is 0 Å². The number of halogens is 4. The second-order valence-corrected chi connectivity index (χ2v) is 6.99. The average Bonchev–Trinajstić information content (AvgIpc) is 3.35. The van der Waals surface area contributed by atoms with Gasteiger partial charge in [0.05, 0.1) is 11.9 Å². The van der Waals surface area contributed by atoms with Gasteiger partial charge in [-0.1, -0.05) is 0 Å². The zero-order chi connectivity index (χ0) is 23.6. The number of nitrogens with zero attached hydrogens (tertiary/aromatic N) is 5. The van der Waals surface area contributed by atoms with Crippen LogP contribution in [0.15, 0.2) is 22.4 Å². The van der Waals surface area contributed by atoms with Gasteiger partial charge in [0.2, 0.25) is 5.88 Å². The summed E-state index contributed by atoms with van der Waals surface area (Å²) in [6.07, 6.45) is -5.93. The molecule has 15 heteroatoms. The standard InChI is InChI=1S/C17H16F4N6O4S/c1-3-26-12(6-28)25-27(16(26)30)13-11(18)4-10(14(29)23-9-5-22-32-7-9)15(24-13)31-8(2)17(19,20)21/h4-5,7-8,28H,3,6H2,1-2H3,(H,23,29)/t8-/m0/s1. The topological polar surface area (TPSA) is 124 Å². The van der Waals surface area contributed by atoms with Gasteiger partial charge in [-0.2, -0.15) is 27.2 Å². The van der Waals surface area contributed by atoms with Crippen LogP contribution in [-0.4, -0.2) is 47.0 Å². The van der Waals surface area contributed by atoms with Gasteiger partial charge in [-0.25, -0.2) is 9.18 Å². The maximum Gasteiger partial charge on any atom is 0.425 e. The number of aliphatic hydroxyl groups is 1. The summed E-state index contributed by atoms with van der Waals surface area (Å²) in [5, 5.41) is 16.9. The molecule has 0 saturated heterocycles. The van der Waals surface area contributed by atoms with E-state index in [1.165, 1.54) is 11.6 Å².